The van der Waals surface area contributed by atoms with Gasteiger partial charge in [-0.25, -0.2) is 30.7 Å². The molecule has 1 aliphatic heterocycles. The maximum atomic E-state index is 14.0. The number of hydrogen-bond donors (Lipinski definition) is 1. The van der Waals surface area contributed by atoms with Crippen molar-refractivity contribution in [2.75, 3.05) is 42.7 Å². The molecule has 0 unspecified atom stereocenters. The lowest BCUT2D eigenvalue weighted by atomic mass is 10.0. The SMILES string of the molecule is COC(=O)c1sc(-c2cccc(N(C(=O)C(F)(F)F)C3CCN(S(=O)(=O)Cc4ccccc4NS(C)(=O)=O)CC3)c2)cc1OCC(=O)OC(C)(C)C. The van der Waals surface area contributed by atoms with Gasteiger partial charge >= 0.3 is 24.0 Å². The molecule has 284 valence electrons. The van der Waals surface area contributed by atoms with Crippen LogP contribution in [0.2, 0.25) is 0 Å². The van der Waals surface area contributed by atoms with E-state index in [2.05, 4.69) is 4.72 Å². The highest BCUT2D eigenvalue weighted by Crippen LogP contribution is 2.39. The summed E-state index contributed by atoms with van der Waals surface area (Å²) < 4.78 is 111. The Hall–Kier alpha value is -4.20. The fraction of sp³-hybridized carbons (Fsp3) is 0.424. The summed E-state index contributed by atoms with van der Waals surface area (Å²) in [5, 5.41) is 0. The van der Waals surface area contributed by atoms with Gasteiger partial charge in [-0.2, -0.15) is 13.2 Å². The lowest BCUT2D eigenvalue weighted by molar-refractivity contribution is -0.171. The van der Waals surface area contributed by atoms with Gasteiger partial charge in [0.1, 0.15) is 11.4 Å². The van der Waals surface area contributed by atoms with E-state index in [0.29, 0.717) is 15.3 Å². The first-order valence-corrected chi connectivity index (χ1v) is 20.0. The maximum absolute atomic E-state index is 14.0. The van der Waals surface area contributed by atoms with Crippen LogP contribution in [0.1, 0.15) is 48.8 Å². The zero-order valence-electron chi connectivity index (χ0n) is 28.9. The molecule has 1 aliphatic rings. The van der Waals surface area contributed by atoms with E-state index in [1.807, 2.05) is 0 Å². The van der Waals surface area contributed by atoms with Gasteiger partial charge in [0, 0.05) is 29.7 Å². The number of rotatable bonds is 12. The van der Waals surface area contributed by atoms with Crippen molar-refractivity contribution >= 4 is 60.6 Å². The monoisotopic (exact) mass is 789 g/mol. The van der Waals surface area contributed by atoms with E-state index in [0.717, 1.165) is 29.0 Å². The number of benzene rings is 2. The zero-order chi connectivity index (χ0) is 38.6. The van der Waals surface area contributed by atoms with Crippen molar-refractivity contribution in [3.05, 3.63) is 65.0 Å². The fourth-order valence-corrected chi connectivity index (χ4v) is 8.63. The van der Waals surface area contributed by atoms with Crippen LogP contribution in [0.4, 0.5) is 24.5 Å². The standard InChI is InChI=1S/C33H38F3N3O10S3/c1-32(2,3)49-28(40)19-48-26-18-27(50-29(26)30(41)47-4)21-10-8-11-24(17-21)39(31(42)33(34,35)36)23-13-15-38(16-14-23)52(45,46)20-22-9-6-7-12-25(22)37-51(5,43)44/h6-12,17-18,23,37H,13-16,19-20H2,1-5H3. The summed E-state index contributed by atoms with van der Waals surface area (Å²) in [5.41, 5.74) is -0.325. The van der Waals surface area contributed by atoms with Crippen molar-refractivity contribution in [2.45, 2.75) is 57.2 Å². The number of carbonyl (C=O) groups excluding carboxylic acids is 3. The molecule has 2 aromatic carbocycles. The smallest absolute Gasteiger partial charge is 0.471 e. The first-order chi connectivity index (χ1) is 24.1. The minimum absolute atomic E-state index is 0.0157. The van der Waals surface area contributed by atoms with Crippen LogP contribution in [-0.2, 0) is 44.9 Å². The molecule has 19 heteroatoms. The molecule has 2 heterocycles. The molecule has 1 amide bonds. The second-order valence-corrected chi connectivity index (χ2v) is 17.6. The second kappa shape index (κ2) is 15.8. The molecular formula is C33H38F3N3O10S3. The summed E-state index contributed by atoms with van der Waals surface area (Å²) >= 11 is 0.899. The fourth-order valence-electron chi connectivity index (χ4n) is 5.42. The van der Waals surface area contributed by atoms with Crippen LogP contribution in [0.3, 0.4) is 0 Å². The molecule has 13 nitrogen and oxygen atoms in total. The highest BCUT2D eigenvalue weighted by molar-refractivity contribution is 7.92. The van der Waals surface area contributed by atoms with Gasteiger partial charge in [0.15, 0.2) is 11.5 Å². The molecule has 3 aromatic rings. The van der Waals surface area contributed by atoms with Gasteiger partial charge in [-0.1, -0.05) is 30.3 Å². The van der Waals surface area contributed by atoms with E-state index in [1.165, 1.54) is 42.5 Å². The number of halogens is 3. The van der Waals surface area contributed by atoms with Crippen molar-refractivity contribution in [2.24, 2.45) is 0 Å². The first kappa shape index (κ1) is 40.6. The van der Waals surface area contributed by atoms with Crippen LogP contribution < -0.4 is 14.4 Å². The van der Waals surface area contributed by atoms with E-state index >= 15 is 0 Å². The summed E-state index contributed by atoms with van der Waals surface area (Å²) in [5.74, 6) is -4.21. The summed E-state index contributed by atoms with van der Waals surface area (Å²) in [6.45, 7) is 4.06. The van der Waals surface area contributed by atoms with Gasteiger partial charge in [0.25, 0.3) is 0 Å². The number of amides is 1. The maximum Gasteiger partial charge on any atom is 0.471 e. The topological polar surface area (TPSA) is 166 Å². The number of thiophene rings is 1. The number of ether oxygens (including phenoxy) is 3. The molecule has 0 aliphatic carbocycles. The largest absolute Gasteiger partial charge is 0.480 e. The molecule has 0 bridgehead atoms. The van der Waals surface area contributed by atoms with E-state index in [1.54, 1.807) is 32.9 Å². The number of piperidine rings is 1. The first-order valence-electron chi connectivity index (χ1n) is 15.7. The number of nitrogens with one attached hydrogen (secondary N) is 1. The summed E-state index contributed by atoms with van der Waals surface area (Å²) in [6.07, 6.45) is -4.61. The lowest BCUT2D eigenvalue weighted by Crippen LogP contribution is -2.52. The third-order valence-corrected chi connectivity index (χ3v) is 11.1. The quantitative estimate of drug-likeness (QED) is 0.242. The van der Waals surface area contributed by atoms with Crippen molar-refractivity contribution in [3.63, 3.8) is 0 Å². The Kier molecular flexibility index (Phi) is 12.3. The van der Waals surface area contributed by atoms with Crippen molar-refractivity contribution in [3.8, 4) is 16.2 Å². The molecule has 1 saturated heterocycles. The number of methoxy groups -OCH3 is 1. The Labute approximate surface area is 303 Å². The summed E-state index contributed by atoms with van der Waals surface area (Å²) in [6, 6.07) is 12.0. The van der Waals surface area contributed by atoms with Gasteiger partial charge in [0.05, 0.1) is 24.8 Å². The number of hydrogen-bond acceptors (Lipinski definition) is 11. The van der Waals surface area contributed by atoms with E-state index < -0.39 is 68.1 Å². The number of esters is 2. The van der Waals surface area contributed by atoms with Gasteiger partial charge in [-0.3, -0.25) is 9.52 Å². The molecule has 4 rings (SSSR count). The molecular weight excluding hydrogens is 752 g/mol. The number of nitrogens with zero attached hydrogens (tertiary/aromatic N) is 2. The third kappa shape index (κ3) is 10.7. The average molecular weight is 790 g/mol. The van der Waals surface area contributed by atoms with E-state index in [4.69, 9.17) is 14.2 Å². The Morgan fingerprint density at radius 1 is 0.981 bits per heavy atom. The van der Waals surface area contributed by atoms with Crippen LogP contribution in [0.5, 0.6) is 5.75 Å². The van der Waals surface area contributed by atoms with Crippen molar-refractivity contribution in [1.82, 2.24) is 4.31 Å². The number of sulfonamides is 2. The molecule has 1 fully saturated rings. The summed E-state index contributed by atoms with van der Waals surface area (Å²) in [4.78, 5) is 38.6. The zero-order valence-corrected chi connectivity index (χ0v) is 31.3. The van der Waals surface area contributed by atoms with Crippen molar-refractivity contribution in [1.29, 1.82) is 0 Å². The molecule has 0 atom stereocenters. The summed E-state index contributed by atoms with van der Waals surface area (Å²) in [7, 11) is -6.62. The van der Waals surface area contributed by atoms with Gasteiger partial charge < -0.3 is 19.1 Å². The lowest BCUT2D eigenvalue weighted by Gasteiger charge is -2.38. The molecule has 0 spiro atoms. The molecule has 0 radical (unpaired) electrons. The Bertz CT molecular complexity index is 2020. The highest BCUT2D eigenvalue weighted by atomic mass is 32.2. The van der Waals surface area contributed by atoms with Crippen LogP contribution in [0.25, 0.3) is 10.4 Å². The van der Waals surface area contributed by atoms with Crippen molar-refractivity contribution < 1.29 is 58.6 Å². The van der Waals surface area contributed by atoms with Gasteiger partial charge in [-0.05, 0) is 69.0 Å². The Balaban J connectivity index is 1.59. The Morgan fingerprint density at radius 3 is 2.23 bits per heavy atom. The van der Waals surface area contributed by atoms with Gasteiger partial charge in [-0.15, -0.1) is 11.3 Å². The molecule has 52 heavy (non-hydrogen) atoms. The number of alkyl halides is 3. The van der Waals surface area contributed by atoms with Crippen LogP contribution >= 0.6 is 11.3 Å². The molecule has 0 saturated carbocycles. The number of anilines is 2. The minimum atomic E-state index is -5.26. The highest BCUT2D eigenvalue weighted by Gasteiger charge is 2.46. The number of carbonyl (C=O) groups is 3. The van der Waals surface area contributed by atoms with Crippen LogP contribution in [-0.4, -0.2) is 89.9 Å². The third-order valence-electron chi connectivity index (χ3n) is 7.54. The van der Waals surface area contributed by atoms with E-state index in [9.17, 15) is 44.4 Å². The van der Waals surface area contributed by atoms with Crippen LogP contribution in [0.15, 0.2) is 54.6 Å². The Morgan fingerprint density at radius 2 is 1.63 bits per heavy atom. The normalized spacial score (nSPS) is 14.8. The average Bonchev–Trinajstić information content (AvgIpc) is 3.47. The molecule has 1 aromatic heterocycles. The molecule has 1 N–H and O–H groups in total. The predicted octanol–water partition coefficient (Wildman–Crippen LogP) is 5.18. The number of para-hydroxylation sites is 1. The van der Waals surface area contributed by atoms with Crippen LogP contribution in [0, 0.1) is 0 Å². The van der Waals surface area contributed by atoms with E-state index in [-0.39, 0.29) is 53.5 Å². The minimum Gasteiger partial charge on any atom is -0.480 e. The second-order valence-electron chi connectivity index (χ2n) is 12.8. The predicted molar refractivity (Wildman–Crippen MR) is 188 cm³/mol. The van der Waals surface area contributed by atoms with Gasteiger partial charge in [0.2, 0.25) is 20.0 Å².